The molecule has 0 aliphatic carbocycles. The summed E-state index contributed by atoms with van der Waals surface area (Å²) in [5.41, 5.74) is 9.99. The molecular formula is C20H26N6. The number of piperidine rings is 1. The third kappa shape index (κ3) is 2.99. The lowest BCUT2D eigenvalue weighted by Gasteiger charge is -2.40. The van der Waals surface area contributed by atoms with Gasteiger partial charge in [0.2, 0.25) is 0 Å². The number of H-pyrrole nitrogens is 1. The monoisotopic (exact) mass is 350 g/mol. The van der Waals surface area contributed by atoms with Crippen LogP contribution in [0, 0.1) is 5.92 Å². The zero-order valence-corrected chi connectivity index (χ0v) is 15.4. The van der Waals surface area contributed by atoms with Crippen LogP contribution >= 0.6 is 0 Å². The van der Waals surface area contributed by atoms with Crippen molar-refractivity contribution >= 4 is 11.0 Å². The van der Waals surface area contributed by atoms with Gasteiger partial charge < -0.3 is 15.6 Å². The number of imidazole rings is 1. The molecule has 1 saturated heterocycles. The predicted octanol–water partition coefficient (Wildman–Crippen LogP) is 2.93. The average molecular weight is 350 g/mol. The molecule has 3 aromatic rings. The number of fused-ring (bicyclic) bond motifs is 1. The highest BCUT2D eigenvalue weighted by Crippen LogP contribution is 2.36. The molecule has 1 aliphatic heterocycles. The second-order valence-corrected chi connectivity index (χ2v) is 7.36. The number of nitrogens with zero attached hydrogens (tertiary/aromatic N) is 4. The normalized spacial score (nSPS) is 18.9. The van der Waals surface area contributed by atoms with Crippen LogP contribution in [0.15, 0.2) is 36.7 Å². The molecule has 26 heavy (non-hydrogen) atoms. The van der Waals surface area contributed by atoms with Crippen LogP contribution in [0.5, 0.6) is 0 Å². The maximum Gasteiger partial charge on any atom is 0.158 e. The van der Waals surface area contributed by atoms with Crippen LogP contribution in [0.1, 0.15) is 31.9 Å². The molecule has 0 radical (unpaired) electrons. The zero-order chi connectivity index (χ0) is 18.1. The highest BCUT2D eigenvalue weighted by atomic mass is 15.1. The van der Waals surface area contributed by atoms with Crippen molar-refractivity contribution in [3.8, 4) is 11.5 Å². The third-order valence-corrected chi connectivity index (χ3v) is 5.79. The van der Waals surface area contributed by atoms with Gasteiger partial charge in [-0.2, -0.15) is 0 Å². The smallest absolute Gasteiger partial charge is 0.158 e. The van der Waals surface area contributed by atoms with Crippen molar-refractivity contribution in [2.24, 2.45) is 11.7 Å². The molecular weight excluding hydrogens is 324 g/mol. The Labute approximate surface area is 153 Å². The standard InChI is InChI=1S/C20H26N6/c1-3-20(21,14-8-10-26(2)11-9-14)18-13-22-17(12-23-18)19-24-15-6-4-5-7-16(15)25-19/h4-7,12-14H,3,8-11,21H2,1-2H3,(H,24,25). The molecule has 0 bridgehead atoms. The van der Waals surface area contributed by atoms with E-state index in [2.05, 4.69) is 33.8 Å². The summed E-state index contributed by atoms with van der Waals surface area (Å²) in [6, 6.07) is 7.97. The largest absolute Gasteiger partial charge is 0.337 e. The quantitative estimate of drug-likeness (QED) is 0.756. The van der Waals surface area contributed by atoms with Gasteiger partial charge in [0.05, 0.1) is 34.7 Å². The van der Waals surface area contributed by atoms with Crippen molar-refractivity contribution in [1.29, 1.82) is 0 Å². The van der Waals surface area contributed by atoms with E-state index in [0.29, 0.717) is 5.92 Å². The molecule has 0 saturated carbocycles. The van der Waals surface area contributed by atoms with E-state index in [0.717, 1.165) is 60.6 Å². The van der Waals surface area contributed by atoms with Crippen LogP contribution in [0.3, 0.4) is 0 Å². The minimum atomic E-state index is -0.416. The fourth-order valence-electron chi connectivity index (χ4n) is 3.97. The third-order valence-electron chi connectivity index (χ3n) is 5.79. The van der Waals surface area contributed by atoms with E-state index in [1.54, 1.807) is 6.20 Å². The minimum absolute atomic E-state index is 0.416. The number of rotatable bonds is 4. The van der Waals surface area contributed by atoms with Crippen LogP contribution in [0.2, 0.25) is 0 Å². The number of nitrogens with one attached hydrogen (secondary N) is 1. The molecule has 4 rings (SSSR count). The van der Waals surface area contributed by atoms with Crippen molar-refractivity contribution in [3.63, 3.8) is 0 Å². The predicted molar refractivity (Wildman–Crippen MR) is 103 cm³/mol. The molecule has 1 aliphatic rings. The van der Waals surface area contributed by atoms with Gasteiger partial charge in [-0.3, -0.25) is 4.98 Å². The van der Waals surface area contributed by atoms with E-state index in [1.807, 2.05) is 30.5 Å². The van der Waals surface area contributed by atoms with Crippen LogP contribution in [0.25, 0.3) is 22.6 Å². The summed E-state index contributed by atoms with van der Waals surface area (Å²) < 4.78 is 0. The van der Waals surface area contributed by atoms with E-state index in [1.165, 1.54) is 0 Å². The summed E-state index contributed by atoms with van der Waals surface area (Å²) >= 11 is 0. The van der Waals surface area contributed by atoms with Crippen LogP contribution < -0.4 is 5.73 Å². The van der Waals surface area contributed by atoms with Gasteiger partial charge in [-0.15, -0.1) is 0 Å². The van der Waals surface area contributed by atoms with E-state index < -0.39 is 5.54 Å². The molecule has 2 aromatic heterocycles. The Morgan fingerprint density at radius 3 is 2.62 bits per heavy atom. The Bertz CT molecular complexity index is 846. The summed E-state index contributed by atoms with van der Waals surface area (Å²) in [5, 5.41) is 0. The van der Waals surface area contributed by atoms with Crippen LogP contribution in [0.4, 0.5) is 0 Å². The molecule has 3 heterocycles. The summed E-state index contributed by atoms with van der Waals surface area (Å²) in [5.74, 6) is 1.18. The highest BCUT2D eigenvalue weighted by molar-refractivity contribution is 5.78. The first-order valence-corrected chi connectivity index (χ1v) is 9.35. The number of hydrogen-bond donors (Lipinski definition) is 2. The summed E-state index contributed by atoms with van der Waals surface area (Å²) in [6.07, 6.45) is 6.70. The first-order valence-electron chi connectivity index (χ1n) is 9.35. The second-order valence-electron chi connectivity index (χ2n) is 7.36. The SMILES string of the molecule is CCC(N)(c1cnc(-c2nc3ccccc3[nH]2)cn1)C1CCN(C)CC1. The number of benzene rings is 1. The Balaban J connectivity index is 1.61. The Morgan fingerprint density at radius 1 is 1.19 bits per heavy atom. The van der Waals surface area contributed by atoms with Crippen LogP contribution in [-0.2, 0) is 5.54 Å². The Hall–Kier alpha value is -2.31. The number of nitrogens with two attached hydrogens (primary N) is 1. The first-order chi connectivity index (χ1) is 12.6. The van der Waals surface area contributed by atoms with E-state index in [4.69, 9.17) is 10.7 Å². The molecule has 3 N–H and O–H groups in total. The lowest BCUT2D eigenvalue weighted by atomic mass is 9.75. The lowest BCUT2D eigenvalue weighted by molar-refractivity contribution is 0.140. The van der Waals surface area contributed by atoms with Gasteiger partial charge in [-0.25, -0.2) is 9.97 Å². The van der Waals surface area contributed by atoms with Gasteiger partial charge >= 0.3 is 0 Å². The lowest BCUT2D eigenvalue weighted by Crippen LogP contribution is -2.48. The molecule has 136 valence electrons. The second kappa shape index (κ2) is 6.78. The number of aromatic amines is 1. The summed E-state index contributed by atoms with van der Waals surface area (Å²) in [7, 11) is 2.17. The maximum atomic E-state index is 6.84. The van der Waals surface area contributed by atoms with Crippen molar-refractivity contribution in [2.75, 3.05) is 20.1 Å². The van der Waals surface area contributed by atoms with Crippen molar-refractivity contribution < 1.29 is 0 Å². The van der Waals surface area contributed by atoms with Gasteiger partial charge in [-0.05, 0) is 57.5 Å². The fourth-order valence-corrected chi connectivity index (χ4v) is 3.97. The van der Waals surface area contributed by atoms with E-state index in [-0.39, 0.29) is 0 Å². The van der Waals surface area contributed by atoms with Gasteiger partial charge in [0, 0.05) is 0 Å². The first kappa shape index (κ1) is 17.1. The molecule has 1 atom stereocenters. The molecule has 1 aromatic carbocycles. The topological polar surface area (TPSA) is 83.7 Å². The maximum absolute atomic E-state index is 6.84. The van der Waals surface area contributed by atoms with Gasteiger partial charge in [0.15, 0.2) is 5.82 Å². The molecule has 1 unspecified atom stereocenters. The van der Waals surface area contributed by atoms with E-state index >= 15 is 0 Å². The van der Waals surface area contributed by atoms with E-state index in [9.17, 15) is 0 Å². The van der Waals surface area contributed by atoms with Crippen molar-refractivity contribution in [1.82, 2.24) is 24.8 Å². The number of hydrogen-bond acceptors (Lipinski definition) is 5. The van der Waals surface area contributed by atoms with Gasteiger partial charge in [0.1, 0.15) is 5.69 Å². The number of para-hydroxylation sites is 2. The molecule has 6 nitrogen and oxygen atoms in total. The summed E-state index contributed by atoms with van der Waals surface area (Å²) in [4.78, 5) is 19.6. The molecule has 1 fully saturated rings. The minimum Gasteiger partial charge on any atom is -0.337 e. The Morgan fingerprint density at radius 2 is 1.96 bits per heavy atom. The average Bonchev–Trinajstić information content (AvgIpc) is 3.12. The van der Waals surface area contributed by atoms with Crippen LogP contribution in [-0.4, -0.2) is 45.0 Å². The van der Waals surface area contributed by atoms with Gasteiger partial charge in [-0.1, -0.05) is 19.1 Å². The molecule has 0 spiro atoms. The zero-order valence-electron chi connectivity index (χ0n) is 15.4. The summed E-state index contributed by atoms with van der Waals surface area (Å²) in [6.45, 7) is 4.33. The molecule has 0 amide bonds. The van der Waals surface area contributed by atoms with Gasteiger partial charge in [0.25, 0.3) is 0 Å². The van der Waals surface area contributed by atoms with Crippen molar-refractivity contribution in [3.05, 3.63) is 42.4 Å². The van der Waals surface area contributed by atoms with Crippen molar-refractivity contribution in [2.45, 2.75) is 31.7 Å². The fraction of sp³-hybridized carbons (Fsp3) is 0.450. The Kier molecular flexibility index (Phi) is 4.46. The highest BCUT2D eigenvalue weighted by Gasteiger charge is 2.38. The molecule has 6 heteroatoms. The number of aromatic nitrogens is 4. The number of likely N-dealkylation sites (tertiary alicyclic amines) is 1.